The third-order valence-electron chi connectivity index (χ3n) is 3.23. The number of urea groups is 1. The number of nitrogens with zero attached hydrogens (tertiary/aromatic N) is 1. The molecule has 1 aliphatic carbocycles. The second-order valence-corrected chi connectivity index (χ2v) is 4.64. The molecule has 3 rings (SSSR count). The summed E-state index contributed by atoms with van der Waals surface area (Å²) in [4.78, 5) is 11.9. The molecule has 1 aromatic carbocycles. The lowest BCUT2D eigenvalue weighted by Crippen LogP contribution is -2.38. The number of carbonyl (C=O) groups excluding carboxylic acids is 1. The molecule has 1 aliphatic rings. The summed E-state index contributed by atoms with van der Waals surface area (Å²) in [6, 6.07) is 7.66. The van der Waals surface area contributed by atoms with Crippen LogP contribution in [0.25, 0.3) is 0 Å². The Morgan fingerprint density at radius 2 is 2.21 bits per heavy atom. The third-order valence-corrected chi connectivity index (χ3v) is 3.23. The van der Waals surface area contributed by atoms with E-state index in [-0.39, 0.29) is 11.8 Å². The second kappa shape index (κ2) is 4.38. The van der Waals surface area contributed by atoms with Crippen LogP contribution in [0, 0.1) is 5.82 Å². The first kappa shape index (κ1) is 11.7. The van der Waals surface area contributed by atoms with Gasteiger partial charge in [-0.1, -0.05) is 12.1 Å². The first-order valence-corrected chi connectivity index (χ1v) is 6.03. The topological polar surface area (TPSA) is 69.8 Å². The van der Waals surface area contributed by atoms with Gasteiger partial charge < -0.3 is 5.32 Å². The summed E-state index contributed by atoms with van der Waals surface area (Å²) in [5.41, 5.74) is 0.360. The van der Waals surface area contributed by atoms with E-state index in [1.54, 1.807) is 18.3 Å². The number of aromatic nitrogens is 2. The molecule has 19 heavy (non-hydrogen) atoms. The van der Waals surface area contributed by atoms with Gasteiger partial charge in [-0.05, 0) is 30.5 Å². The maximum absolute atomic E-state index is 13.2. The average Bonchev–Trinajstić information content (AvgIpc) is 2.97. The highest BCUT2D eigenvalue weighted by atomic mass is 19.1. The maximum atomic E-state index is 13.2. The van der Waals surface area contributed by atoms with E-state index < -0.39 is 5.54 Å². The van der Waals surface area contributed by atoms with Gasteiger partial charge in [-0.3, -0.25) is 10.4 Å². The minimum atomic E-state index is -0.438. The van der Waals surface area contributed by atoms with Crippen molar-refractivity contribution >= 4 is 11.8 Å². The summed E-state index contributed by atoms with van der Waals surface area (Å²) in [6.45, 7) is 0. The van der Waals surface area contributed by atoms with Crippen molar-refractivity contribution in [1.29, 1.82) is 0 Å². The summed E-state index contributed by atoms with van der Waals surface area (Å²) in [7, 11) is 0. The first-order valence-electron chi connectivity index (χ1n) is 6.03. The van der Waals surface area contributed by atoms with Gasteiger partial charge in [0.2, 0.25) is 0 Å². The minimum Gasteiger partial charge on any atom is -0.328 e. The number of rotatable bonds is 3. The monoisotopic (exact) mass is 260 g/mol. The van der Waals surface area contributed by atoms with Crippen LogP contribution in [-0.2, 0) is 5.54 Å². The molecule has 2 aromatic rings. The van der Waals surface area contributed by atoms with E-state index in [9.17, 15) is 9.18 Å². The molecule has 0 atom stereocenters. The Morgan fingerprint density at radius 1 is 1.37 bits per heavy atom. The normalized spacial score (nSPS) is 15.8. The Bertz CT molecular complexity index is 592. The number of anilines is 1. The van der Waals surface area contributed by atoms with E-state index in [1.165, 1.54) is 12.1 Å². The molecule has 1 saturated carbocycles. The van der Waals surface area contributed by atoms with E-state index in [2.05, 4.69) is 20.8 Å². The number of halogens is 1. The van der Waals surface area contributed by atoms with Crippen LogP contribution in [0.3, 0.4) is 0 Å². The Balaban J connectivity index is 1.70. The highest BCUT2D eigenvalue weighted by Crippen LogP contribution is 2.45. The SMILES string of the molecule is O=C(Nc1ccn[nH]1)NC1(c2cccc(F)c2)CC1. The zero-order valence-electron chi connectivity index (χ0n) is 10.1. The van der Waals surface area contributed by atoms with E-state index in [4.69, 9.17) is 0 Å². The van der Waals surface area contributed by atoms with Crippen LogP contribution in [0.5, 0.6) is 0 Å². The van der Waals surface area contributed by atoms with Gasteiger partial charge in [0.15, 0.2) is 0 Å². The summed E-state index contributed by atoms with van der Waals surface area (Å²) in [6.07, 6.45) is 3.18. The van der Waals surface area contributed by atoms with E-state index in [1.807, 2.05) is 6.07 Å². The van der Waals surface area contributed by atoms with Crippen LogP contribution in [0.1, 0.15) is 18.4 Å². The van der Waals surface area contributed by atoms with Crippen LogP contribution in [-0.4, -0.2) is 16.2 Å². The quantitative estimate of drug-likeness (QED) is 0.792. The molecular weight excluding hydrogens is 247 g/mol. The van der Waals surface area contributed by atoms with Crippen molar-refractivity contribution in [2.24, 2.45) is 0 Å². The van der Waals surface area contributed by atoms with Crippen molar-refractivity contribution in [2.45, 2.75) is 18.4 Å². The fourth-order valence-corrected chi connectivity index (χ4v) is 2.09. The third kappa shape index (κ3) is 2.42. The van der Waals surface area contributed by atoms with Crippen molar-refractivity contribution in [3.05, 3.63) is 47.9 Å². The lowest BCUT2D eigenvalue weighted by molar-refractivity contribution is 0.247. The van der Waals surface area contributed by atoms with Crippen molar-refractivity contribution in [2.75, 3.05) is 5.32 Å². The van der Waals surface area contributed by atoms with Gasteiger partial charge in [-0.2, -0.15) is 5.10 Å². The lowest BCUT2D eigenvalue weighted by atomic mass is 10.1. The zero-order valence-corrected chi connectivity index (χ0v) is 10.1. The Labute approximate surface area is 109 Å². The summed E-state index contributed by atoms with van der Waals surface area (Å²) in [5.74, 6) is 0.229. The summed E-state index contributed by atoms with van der Waals surface area (Å²) in [5, 5.41) is 11.9. The van der Waals surface area contributed by atoms with Crippen molar-refractivity contribution in [3.63, 3.8) is 0 Å². The Hall–Kier alpha value is -2.37. The van der Waals surface area contributed by atoms with Crippen molar-refractivity contribution in [3.8, 4) is 0 Å². The maximum Gasteiger partial charge on any atom is 0.321 e. The van der Waals surface area contributed by atoms with E-state index in [0.717, 1.165) is 18.4 Å². The number of aromatic amines is 1. The van der Waals surface area contributed by atoms with Gasteiger partial charge in [0.1, 0.15) is 11.6 Å². The highest BCUT2D eigenvalue weighted by molar-refractivity contribution is 5.89. The molecule has 0 saturated heterocycles. The number of H-pyrrole nitrogens is 1. The van der Waals surface area contributed by atoms with E-state index >= 15 is 0 Å². The molecule has 0 radical (unpaired) electrons. The lowest BCUT2D eigenvalue weighted by Gasteiger charge is -2.18. The predicted molar refractivity (Wildman–Crippen MR) is 68.1 cm³/mol. The Morgan fingerprint density at radius 3 is 2.84 bits per heavy atom. The van der Waals surface area contributed by atoms with E-state index in [0.29, 0.717) is 5.82 Å². The average molecular weight is 260 g/mol. The molecule has 0 aliphatic heterocycles. The van der Waals surface area contributed by atoms with Gasteiger partial charge in [0.05, 0.1) is 11.7 Å². The molecule has 6 heteroatoms. The summed E-state index contributed by atoms with van der Waals surface area (Å²) >= 11 is 0. The number of carbonyl (C=O) groups is 1. The van der Waals surface area contributed by atoms with Crippen LogP contribution in [0.2, 0.25) is 0 Å². The molecule has 2 amide bonds. The largest absolute Gasteiger partial charge is 0.328 e. The van der Waals surface area contributed by atoms with Gasteiger partial charge in [0.25, 0.3) is 0 Å². The number of hydrogen-bond acceptors (Lipinski definition) is 2. The fraction of sp³-hybridized carbons (Fsp3) is 0.231. The summed E-state index contributed by atoms with van der Waals surface area (Å²) < 4.78 is 13.2. The zero-order chi connectivity index (χ0) is 13.3. The smallest absolute Gasteiger partial charge is 0.321 e. The molecule has 1 heterocycles. The van der Waals surface area contributed by atoms with Crippen molar-refractivity contribution < 1.29 is 9.18 Å². The molecule has 0 unspecified atom stereocenters. The van der Waals surface area contributed by atoms with Crippen molar-refractivity contribution in [1.82, 2.24) is 15.5 Å². The number of benzene rings is 1. The van der Waals surface area contributed by atoms with Gasteiger partial charge >= 0.3 is 6.03 Å². The second-order valence-electron chi connectivity index (χ2n) is 4.64. The number of amides is 2. The number of hydrogen-bond donors (Lipinski definition) is 3. The Kier molecular flexibility index (Phi) is 2.70. The fourth-order valence-electron chi connectivity index (χ4n) is 2.09. The van der Waals surface area contributed by atoms with Crippen LogP contribution >= 0.6 is 0 Å². The molecule has 1 fully saturated rings. The highest BCUT2D eigenvalue weighted by Gasteiger charge is 2.45. The standard InChI is InChI=1S/C13H13FN4O/c14-10-3-1-2-9(8-10)13(5-6-13)17-12(19)16-11-4-7-15-18-11/h1-4,7-8H,5-6H2,(H3,15,16,17,18,19). The molecule has 1 aromatic heterocycles. The molecule has 0 spiro atoms. The molecule has 0 bridgehead atoms. The number of nitrogens with one attached hydrogen (secondary N) is 3. The van der Waals surface area contributed by atoms with Crippen LogP contribution < -0.4 is 10.6 Å². The predicted octanol–water partition coefficient (Wildman–Crippen LogP) is 2.36. The minimum absolute atomic E-state index is 0.292. The van der Waals surface area contributed by atoms with Gasteiger partial charge in [-0.25, -0.2) is 9.18 Å². The first-order chi connectivity index (χ1) is 9.18. The van der Waals surface area contributed by atoms with Gasteiger partial charge in [0, 0.05) is 6.07 Å². The molecular formula is C13H13FN4O. The molecule has 5 nitrogen and oxygen atoms in total. The van der Waals surface area contributed by atoms with Gasteiger partial charge in [-0.15, -0.1) is 0 Å². The molecule has 3 N–H and O–H groups in total. The molecule has 98 valence electrons. The van der Waals surface area contributed by atoms with Crippen LogP contribution in [0.15, 0.2) is 36.5 Å². The van der Waals surface area contributed by atoms with Crippen LogP contribution in [0.4, 0.5) is 15.0 Å².